The molecule has 1 heterocycles. The predicted octanol–water partition coefficient (Wildman–Crippen LogP) is 3.63. The van der Waals surface area contributed by atoms with Crippen molar-refractivity contribution in [3.8, 4) is 10.4 Å². The normalized spacial score (nSPS) is 15.2. The molecule has 0 bridgehead atoms. The van der Waals surface area contributed by atoms with Gasteiger partial charge in [0, 0.05) is 10.9 Å². The maximum Gasteiger partial charge on any atom is 0.326 e. The number of amides is 1. The summed E-state index contributed by atoms with van der Waals surface area (Å²) < 4.78 is 13.0. The van der Waals surface area contributed by atoms with Gasteiger partial charge in [0.15, 0.2) is 0 Å². The summed E-state index contributed by atoms with van der Waals surface area (Å²) in [6.07, 6.45) is 1.69. The number of rotatable bonds is 5. The first-order valence-electron chi connectivity index (χ1n) is 7.38. The quantitative estimate of drug-likeness (QED) is 0.909. The Hall–Kier alpha value is -2.21. The lowest BCUT2D eigenvalue weighted by molar-refractivity contribution is -0.141. The molecule has 1 aliphatic rings. The fourth-order valence-electron chi connectivity index (χ4n) is 2.48. The van der Waals surface area contributed by atoms with Crippen LogP contribution in [0.3, 0.4) is 0 Å². The van der Waals surface area contributed by atoms with Crippen LogP contribution in [0.2, 0.25) is 0 Å². The van der Waals surface area contributed by atoms with Crippen molar-refractivity contribution in [3.63, 3.8) is 0 Å². The van der Waals surface area contributed by atoms with E-state index >= 15 is 0 Å². The number of thiophene rings is 1. The van der Waals surface area contributed by atoms with Crippen LogP contribution < -0.4 is 0 Å². The molecule has 6 heteroatoms. The predicted molar refractivity (Wildman–Crippen MR) is 86.0 cm³/mol. The Labute approximate surface area is 137 Å². The summed E-state index contributed by atoms with van der Waals surface area (Å²) in [5.74, 6) is -1.56. The van der Waals surface area contributed by atoms with Gasteiger partial charge in [-0.1, -0.05) is 12.1 Å². The monoisotopic (exact) mass is 333 g/mol. The second-order valence-corrected chi connectivity index (χ2v) is 6.71. The van der Waals surface area contributed by atoms with Crippen LogP contribution in [0.4, 0.5) is 4.39 Å². The lowest BCUT2D eigenvalue weighted by Gasteiger charge is -2.25. The Morgan fingerprint density at radius 1 is 1.22 bits per heavy atom. The molecule has 1 saturated carbocycles. The zero-order chi connectivity index (χ0) is 16.6. The average Bonchev–Trinajstić information content (AvgIpc) is 3.23. The fraction of sp³-hybridized carbons (Fsp3) is 0.294. The summed E-state index contributed by atoms with van der Waals surface area (Å²) in [4.78, 5) is 26.7. The summed E-state index contributed by atoms with van der Waals surface area (Å²) in [5, 5.41) is 9.21. The molecule has 4 nitrogen and oxygen atoms in total. The van der Waals surface area contributed by atoms with Crippen molar-refractivity contribution in [1.29, 1.82) is 0 Å². The van der Waals surface area contributed by atoms with E-state index in [1.165, 1.54) is 35.3 Å². The zero-order valence-electron chi connectivity index (χ0n) is 12.5. The first-order chi connectivity index (χ1) is 11.0. The highest BCUT2D eigenvalue weighted by Crippen LogP contribution is 2.34. The van der Waals surface area contributed by atoms with Crippen LogP contribution in [0, 0.1) is 5.82 Å². The van der Waals surface area contributed by atoms with Crippen LogP contribution in [-0.2, 0) is 4.79 Å². The third-order valence-corrected chi connectivity index (χ3v) is 5.02. The maximum atomic E-state index is 13.0. The van der Waals surface area contributed by atoms with Crippen LogP contribution in [0.5, 0.6) is 0 Å². The van der Waals surface area contributed by atoms with Crippen LogP contribution in [0.15, 0.2) is 36.4 Å². The Balaban J connectivity index is 1.85. The number of carboxylic acid groups (broad SMARTS) is 1. The fourth-order valence-corrected chi connectivity index (χ4v) is 3.43. The van der Waals surface area contributed by atoms with Gasteiger partial charge in [-0.2, -0.15) is 0 Å². The smallest absolute Gasteiger partial charge is 0.326 e. The highest BCUT2D eigenvalue weighted by atomic mass is 32.1. The standard InChI is InChI=1S/C17H16FNO3S/c1-10(17(21)22)19(13-6-7-13)16(20)15-9-8-14(23-15)11-2-4-12(18)5-3-11/h2-5,8-10,13H,6-7H2,1H3,(H,21,22). The molecule has 2 aromatic rings. The van der Waals surface area contributed by atoms with E-state index < -0.39 is 12.0 Å². The first-order valence-corrected chi connectivity index (χ1v) is 8.20. The number of carbonyl (C=O) groups excluding carboxylic acids is 1. The molecule has 1 aliphatic carbocycles. The van der Waals surface area contributed by atoms with Crippen molar-refractivity contribution in [2.24, 2.45) is 0 Å². The van der Waals surface area contributed by atoms with E-state index in [9.17, 15) is 19.1 Å². The van der Waals surface area contributed by atoms with E-state index in [1.54, 1.807) is 18.2 Å². The molecule has 1 aromatic heterocycles. The molecular weight excluding hydrogens is 317 g/mol. The van der Waals surface area contributed by atoms with Gasteiger partial charge in [-0.25, -0.2) is 9.18 Å². The van der Waals surface area contributed by atoms with Crippen LogP contribution in [0.1, 0.15) is 29.4 Å². The van der Waals surface area contributed by atoms with Gasteiger partial charge in [0.05, 0.1) is 4.88 Å². The molecule has 1 fully saturated rings. The molecule has 1 N–H and O–H groups in total. The zero-order valence-corrected chi connectivity index (χ0v) is 13.3. The number of carboxylic acids is 1. The topological polar surface area (TPSA) is 57.6 Å². The highest BCUT2D eigenvalue weighted by molar-refractivity contribution is 7.17. The van der Waals surface area contributed by atoms with Gasteiger partial charge in [-0.3, -0.25) is 4.79 Å². The molecule has 1 atom stereocenters. The lowest BCUT2D eigenvalue weighted by Crippen LogP contribution is -2.44. The molecule has 0 radical (unpaired) electrons. The SMILES string of the molecule is CC(C(=O)O)N(C(=O)c1ccc(-c2ccc(F)cc2)s1)C1CC1. The third-order valence-electron chi connectivity index (χ3n) is 3.89. The van der Waals surface area contributed by atoms with E-state index in [4.69, 9.17) is 0 Å². The molecule has 1 aromatic carbocycles. The van der Waals surface area contributed by atoms with E-state index in [-0.39, 0.29) is 17.8 Å². The van der Waals surface area contributed by atoms with Crippen molar-refractivity contribution < 1.29 is 19.1 Å². The summed E-state index contributed by atoms with van der Waals surface area (Å²) in [6, 6.07) is 8.76. The Bertz CT molecular complexity index is 737. The largest absolute Gasteiger partial charge is 0.480 e. The molecule has 3 rings (SSSR count). The Morgan fingerprint density at radius 2 is 1.87 bits per heavy atom. The number of hydrogen-bond acceptors (Lipinski definition) is 3. The van der Waals surface area contributed by atoms with Crippen LogP contribution >= 0.6 is 11.3 Å². The highest BCUT2D eigenvalue weighted by Gasteiger charge is 2.39. The number of benzene rings is 1. The van der Waals surface area contributed by atoms with Gasteiger partial charge in [-0.05, 0) is 49.6 Å². The minimum absolute atomic E-state index is 0.0185. The van der Waals surface area contributed by atoms with Crippen molar-refractivity contribution in [3.05, 3.63) is 47.1 Å². The Morgan fingerprint density at radius 3 is 2.43 bits per heavy atom. The number of hydrogen-bond donors (Lipinski definition) is 1. The van der Waals surface area contributed by atoms with Crippen molar-refractivity contribution >= 4 is 23.2 Å². The van der Waals surface area contributed by atoms with Gasteiger partial charge >= 0.3 is 5.97 Å². The lowest BCUT2D eigenvalue weighted by atomic mass is 10.2. The number of carbonyl (C=O) groups is 2. The summed E-state index contributed by atoms with van der Waals surface area (Å²) in [6.45, 7) is 1.53. The Kier molecular flexibility index (Phi) is 4.17. The van der Waals surface area contributed by atoms with Gasteiger partial charge in [0.1, 0.15) is 11.9 Å². The van der Waals surface area contributed by atoms with Gasteiger partial charge in [-0.15, -0.1) is 11.3 Å². The molecule has 0 spiro atoms. The van der Waals surface area contributed by atoms with Crippen molar-refractivity contribution in [2.45, 2.75) is 31.8 Å². The summed E-state index contributed by atoms with van der Waals surface area (Å²) in [7, 11) is 0. The van der Waals surface area contributed by atoms with Gasteiger partial charge < -0.3 is 10.0 Å². The third kappa shape index (κ3) is 3.27. The second-order valence-electron chi connectivity index (χ2n) is 5.63. The number of aliphatic carboxylic acids is 1. The number of halogens is 1. The minimum atomic E-state index is -0.999. The van der Waals surface area contributed by atoms with Gasteiger partial charge in [0.25, 0.3) is 5.91 Å². The molecule has 1 unspecified atom stereocenters. The summed E-state index contributed by atoms with van der Waals surface area (Å²) >= 11 is 1.30. The first kappa shape index (κ1) is 15.7. The molecule has 23 heavy (non-hydrogen) atoms. The van der Waals surface area contributed by atoms with E-state index in [0.29, 0.717) is 4.88 Å². The molecule has 0 aliphatic heterocycles. The van der Waals surface area contributed by atoms with Crippen molar-refractivity contribution in [2.75, 3.05) is 0 Å². The van der Waals surface area contributed by atoms with E-state index in [0.717, 1.165) is 23.3 Å². The van der Waals surface area contributed by atoms with Crippen LogP contribution in [-0.4, -0.2) is 34.0 Å². The van der Waals surface area contributed by atoms with E-state index in [1.807, 2.05) is 6.07 Å². The van der Waals surface area contributed by atoms with Crippen LogP contribution in [0.25, 0.3) is 10.4 Å². The van der Waals surface area contributed by atoms with Gasteiger partial charge in [0.2, 0.25) is 0 Å². The average molecular weight is 333 g/mol. The maximum absolute atomic E-state index is 13.0. The van der Waals surface area contributed by atoms with Crippen molar-refractivity contribution in [1.82, 2.24) is 4.90 Å². The van der Waals surface area contributed by atoms with E-state index in [2.05, 4.69) is 0 Å². The number of nitrogens with zero attached hydrogens (tertiary/aromatic N) is 1. The molecule has 0 saturated heterocycles. The minimum Gasteiger partial charge on any atom is -0.480 e. The second kappa shape index (κ2) is 6.12. The molecule has 120 valence electrons. The summed E-state index contributed by atoms with van der Waals surface area (Å²) in [5.41, 5.74) is 0.833. The molecule has 1 amide bonds. The molecular formula is C17H16FNO3S.